The van der Waals surface area contributed by atoms with Gasteiger partial charge in [-0.2, -0.15) is 0 Å². The number of rotatable bonds is 11. The number of carbonyl (C=O) groups excluding carboxylic acids is 2. The lowest BCUT2D eigenvalue weighted by Gasteiger charge is -2.33. The number of ether oxygens (including phenoxy) is 1. The maximum Gasteiger partial charge on any atom is 0.244 e. The minimum absolute atomic E-state index is 0.104. The summed E-state index contributed by atoms with van der Waals surface area (Å²) < 4.78 is 32.5. The summed E-state index contributed by atoms with van der Waals surface area (Å²) in [5.41, 5.74) is 2.01. The molecular formula is C25H34BrN3O5S. The van der Waals surface area contributed by atoms with Crippen LogP contribution >= 0.6 is 15.9 Å². The molecule has 2 rings (SSSR count). The Morgan fingerprint density at radius 2 is 1.74 bits per heavy atom. The van der Waals surface area contributed by atoms with Gasteiger partial charge in [-0.15, -0.1) is 0 Å². The minimum atomic E-state index is -3.78. The lowest BCUT2D eigenvalue weighted by atomic mass is 10.1. The van der Waals surface area contributed by atoms with E-state index in [2.05, 4.69) is 21.2 Å². The van der Waals surface area contributed by atoms with Gasteiger partial charge in [-0.05, 0) is 68.7 Å². The number of nitrogens with zero attached hydrogens (tertiary/aromatic N) is 2. The molecule has 0 bridgehead atoms. The quantitative estimate of drug-likeness (QED) is 0.444. The number of sulfonamides is 1. The summed E-state index contributed by atoms with van der Waals surface area (Å²) in [5, 5.41) is 2.87. The largest absolute Gasteiger partial charge is 0.497 e. The third kappa shape index (κ3) is 7.96. The number of methoxy groups -OCH3 is 1. The number of amides is 2. The van der Waals surface area contributed by atoms with Crippen LogP contribution in [0.15, 0.2) is 46.9 Å². The summed E-state index contributed by atoms with van der Waals surface area (Å²) in [5.74, 6) is -0.0857. The smallest absolute Gasteiger partial charge is 0.244 e. The van der Waals surface area contributed by atoms with Crippen LogP contribution in [-0.2, 0) is 26.2 Å². The number of hydrogen-bond donors (Lipinski definition) is 1. The molecule has 1 unspecified atom stereocenters. The second-order valence-electron chi connectivity index (χ2n) is 8.66. The molecule has 2 amide bonds. The van der Waals surface area contributed by atoms with Crippen molar-refractivity contribution in [3.05, 3.63) is 58.1 Å². The van der Waals surface area contributed by atoms with Gasteiger partial charge in [0.05, 0.1) is 19.1 Å². The van der Waals surface area contributed by atoms with Crippen LogP contribution in [0.2, 0.25) is 0 Å². The van der Waals surface area contributed by atoms with E-state index in [1.807, 2.05) is 39.8 Å². The molecule has 2 aromatic rings. The number of hydrogen-bond acceptors (Lipinski definition) is 5. The number of carbonyl (C=O) groups is 2. The predicted molar refractivity (Wildman–Crippen MR) is 142 cm³/mol. The van der Waals surface area contributed by atoms with Crippen molar-refractivity contribution in [1.82, 2.24) is 10.2 Å². The molecule has 0 spiro atoms. The van der Waals surface area contributed by atoms with Crippen LogP contribution < -0.4 is 14.4 Å². The van der Waals surface area contributed by atoms with Crippen molar-refractivity contribution in [2.75, 3.05) is 24.2 Å². The molecule has 2 aromatic carbocycles. The summed E-state index contributed by atoms with van der Waals surface area (Å²) in [6.45, 7) is 7.08. The highest BCUT2D eigenvalue weighted by molar-refractivity contribution is 9.10. The van der Waals surface area contributed by atoms with Crippen LogP contribution in [-0.4, -0.2) is 57.1 Å². The van der Waals surface area contributed by atoms with Gasteiger partial charge in [0.1, 0.15) is 18.3 Å². The molecule has 35 heavy (non-hydrogen) atoms. The molecule has 0 aliphatic rings. The first kappa shape index (κ1) is 28.6. The molecule has 192 valence electrons. The molecule has 10 heteroatoms. The zero-order valence-electron chi connectivity index (χ0n) is 21.0. The maximum atomic E-state index is 13.6. The first-order chi connectivity index (χ1) is 16.4. The van der Waals surface area contributed by atoms with Crippen molar-refractivity contribution in [3.63, 3.8) is 0 Å². The Hall–Kier alpha value is -2.59. The molecule has 1 atom stereocenters. The van der Waals surface area contributed by atoms with E-state index in [1.54, 1.807) is 37.4 Å². The van der Waals surface area contributed by atoms with Crippen LogP contribution in [0.1, 0.15) is 38.3 Å². The number of benzene rings is 2. The molecule has 1 N–H and O–H groups in total. The average molecular weight is 569 g/mol. The highest BCUT2D eigenvalue weighted by Crippen LogP contribution is 2.25. The van der Waals surface area contributed by atoms with Crippen molar-refractivity contribution in [2.45, 2.75) is 52.7 Å². The van der Waals surface area contributed by atoms with Crippen molar-refractivity contribution >= 4 is 43.5 Å². The Morgan fingerprint density at radius 3 is 2.23 bits per heavy atom. The highest BCUT2D eigenvalue weighted by Gasteiger charge is 2.32. The second kappa shape index (κ2) is 12.4. The molecule has 0 heterocycles. The number of aryl methyl sites for hydroxylation is 1. The summed E-state index contributed by atoms with van der Waals surface area (Å²) in [7, 11) is -2.21. The molecule has 0 aromatic heterocycles. The Balaban J connectivity index is 2.45. The fraction of sp³-hybridized carbons (Fsp3) is 0.440. The van der Waals surface area contributed by atoms with E-state index < -0.39 is 28.5 Å². The van der Waals surface area contributed by atoms with E-state index in [1.165, 1.54) is 4.90 Å². The van der Waals surface area contributed by atoms with Crippen LogP contribution in [0.3, 0.4) is 0 Å². The first-order valence-electron chi connectivity index (χ1n) is 11.3. The summed E-state index contributed by atoms with van der Waals surface area (Å²) >= 11 is 3.42. The van der Waals surface area contributed by atoms with Gasteiger partial charge in [0.15, 0.2) is 0 Å². The van der Waals surface area contributed by atoms with E-state index in [4.69, 9.17) is 4.74 Å². The molecule has 0 aliphatic carbocycles. The molecule has 0 saturated carbocycles. The molecule has 0 aliphatic heterocycles. The van der Waals surface area contributed by atoms with Gasteiger partial charge < -0.3 is 15.0 Å². The summed E-state index contributed by atoms with van der Waals surface area (Å²) in [6, 6.07) is 11.4. The van der Waals surface area contributed by atoms with Gasteiger partial charge in [0.25, 0.3) is 0 Å². The number of anilines is 1. The van der Waals surface area contributed by atoms with Crippen molar-refractivity contribution in [1.29, 1.82) is 0 Å². The summed E-state index contributed by atoms with van der Waals surface area (Å²) in [4.78, 5) is 28.1. The lowest BCUT2D eigenvalue weighted by Crippen LogP contribution is -2.53. The van der Waals surface area contributed by atoms with E-state index in [0.29, 0.717) is 17.9 Å². The standard InChI is InChI=1S/C25H34BrN3O5S/c1-7-23(25(31)27-17(2)3)28(15-19-8-11-21(34-5)12-9-19)24(30)16-29(35(6,32)33)20-10-13-22(26)18(4)14-20/h8-14,17,23H,7,15-16H2,1-6H3,(H,27,31). The normalized spacial score (nSPS) is 12.2. The van der Waals surface area contributed by atoms with Crippen LogP contribution in [0, 0.1) is 6.92 Å². The maximum absolute atomic E-state index is 13.6. The molecular weight excluding hydrogens is 534 g/mol. The zero-order chi connectivity index (χ0) is 26.3. The Labute approximate surface area is 216 Å². The topological polar surface area (TPSA) is 96.0 Å². The first-order valence-corrected chi connectivity index (χ1v) is 14.0. The van der Waals surface area contributed by atoms with Gasteiger partial charge in [0.2, 0.25) is 21.8 Å². The number of nitrogens with one attached hydrogen (secondary N) is 1. The monoisotopic (exact) mass is 567 g/mol. The Kier molecular flexibility index (Phi) is 10.1. The van der Waals surface area contributed by atoms with Crippen molar-refractivity contribution < 1.29 is 22.7 Å². The molecule has 0 fully saturated rings. The number of halogens is 1. The Bertz CT molecular complexity index is 1140. The van der Waals surface area contributed by atoms with Crippen LogP contribution in [0.5, 0.6) is 5.75 Å². The van der Waals surface area contributed by atoms with Crippen LogP contribution in [0.4, 0.5) is 5.69 Å². The Morgan fingerprint density at radius 1 is 1.11 bits per heavy atom. The van der Waals surface area contributed by atoms with Gasteiger partial charge in [0, 0.05) is 17.1 Å². The van der Waals surface area contributed by atoms with Gasteiger partial charge in [-0.3, -0.25) is 13.9 Å². The fourth-order valence-corrected chi connectivity index (χ4v) is 4.71. The lowest BCUT2D eigenvalue weighted by molar-refractivity contribution is -0.140. The predicted octanol–water partition coefficient (Wildman–Crippen LogP) is 3.86. The van der Waals surface area contributed by atoms with E-state index in [0.717, 1.165) is 26.2 Å². The third-order valence-electron chi connectivity index (χ3n) is 5.44. The van der Waals surface area contributed by atoms with E-state index in [9.17, 15) is 18.0 Å². The minimum Gasteiger partial charge on any atom is -0.497 e. The highest BCUT2D eigenvalue weighted by atomic mass is 79.9. The second-order valence-corrected chi connectivity index (χ2v) is 11.4. The third-order valence-corrected chi connectivity index (χ3v) is 7.47. The van der Waals surface area contributed by atoms with Gasteiger partial charge in [-0.25, -0.2) is 8.42 Å². The average Bonchev–Trinajstić information content (AvgIpc) is 2.78. The van der Waals surface area contributed by atoms with Gasteiger partial charge in [-0.1, -0.05) is 35.0 Å². The van der Waals surface area contributed by atoms with Crippen molar-refractivity contribution in [2.24, 2.45) is 0 Å². The van der Waals surface area contributed by atoms with E-state index >= 15 is 0 Å². The molecule has 8 nitrogen and oxygen atoms in total. The molecule has 0 radical (unpaired) electrons. The van der Waals surface area contributed by atoms with Crippen molar-refractivity contribution in [3.8, 4) is 5.75 Å². The molecule has 0 saturated heterocycles. The fourth-order valence-electron chi connectivity index (χ4n) is 3.63. The van der Waals surface area contributed by atoms with E-state index in [-0.39, 0.29) is 18.5 Å². The SMILES string of the molecule is CCC(C(=O)NC(C)C)N(Cc1ccc(OC)cc1)C(=O)CN(c1ccc(Br)c(C)c1)S(C)(=O)=O. The zero-order valence-corrected chi connectivity index (χ0v) is 23.4. The van der Waals surface area contributed by atoms with Crippen LogP contribution in [0.25, 0.3) is 0 Å². The summed E-state index contributed by atoms with van der Waals surface area (Å²) in [6.07, 6.45) is 1.44. The van der Waals surface area contributed by atoms with Gasteiger partial charge >= 0.3 is 0 Å².